The van der Waals surface area contributed by atoms with Crippen LogP contribution in [0.1, 0.15) is 16.3 Å². The molecule has 6 aromatic rings. The van der Waals surface area contributed by atoms with E-state index in [0.29, 0.717) is 12.4 Å². The maximum atomic E-state index is 4.88. The first-order valence-corrected chi connectivity index (χ1v) is 10.5. The Hall–Kier alpha value is -3.65. The van der Waals surface area contributed by atoms with Crippen molar-refractivity contribution >= 4 is 38.2 Å². The summed E-state index contributed by atoms with van der Waals surface area (Å²) in [5.41, 5.74) is 4.85. The summed E-state index contributed by atoms with van der Waals surface area (Å²) in [5, 5.41) is 5.79. The molecule has 0 aliphatic rings. The number of fused-ring (bicyclic) bond motifs is 4. The molecule has 8 heteroatoms. The molecule has 0 atom stereocenters. The standard InChI is InChI=1S/C22H17N7S/c1-13-14(2)30-22-19(13)21-26-18(27-29(21)12-24-22)11-28-17-9-4-3-7-15(17)25-20(28)16-8-5-6-10-23-16/h3-10,12H,11H2,1-2H3. The minimum atomic E-state index is 0.498. The summed E-state index contributed by atoms with van der Waals surface area (Å²) in [5.74, 6) is 1.52. The molecule has 0 radical (unpaired) electrons. The number of nitrogens with zero attached hydrogens (tertiary/aromatic N) is 7. The van der Waals surface area contributed by atoms with E-state index in [-0.39, 0.29) is 0 Å². The van der Waals surface area contributed by atoms with Gasteiger partial charge in [-0.25, -0.2) is 19.5 Å². The van der Waals surface area contributed by atoms with Crippen LogP contribution in [0.2, 0.25) is 0 Å². The molecule has 0 amide bonds. The molecular formula is C22H17N7S. The smallest absolute Gasteiger partial charge is 0.171 e. The monoisotopic (exact) mass is 411 g/mol. The van der Waals surface area contributed by atoms with E-state index in [1.54, 1.807) is 28.4 Å². The quantitative estimate of drug-likeness (QED) is 0.431. The van der Waals surface area contributed by atoms with Crippen LogP contribution < -0.4 is 0 Å². The number of thiophene rings is 1. The van der Waals surface area contributed by atoms with Crippen molar-refractivity contribution in [3.63, 3.8) is 0 Å². The molecular weight excluding hydrogens is 394 g/mol. The molecule has 0 saturated carbocycles. The van der Waals surface area contributed by atoms with Crippen LogP contribution in [0.5, 0.6) is 0 Å². The third kappa shape index (κ3) is 2.54. The maximum absolute atomic E-state index is 4.88. The van der Waals surface area contributed by atoms with Gasteiger partial charge in [0.15, 0.2) is 17.3 Å². The number of imidazole rings is 1. The fourth-order valence-corrected chi connectivity index (χ4v) is 4.81. The first-order chi connectivity index (χ1) is 14.7. The van der Waals surface area contributed by atoms with Gasteiger partial charge in [-0.1, -0.05) is 18.2 Å². The zero-order valence-electron chi connectivity index (χ0n) is 16.4. The highest BCUT2D eigenvalue weighted by Crippen LogP contribution is 2.31. The number of aryl methyl sites for hydroxylation is 2. The van der Waals surface area contributed by atoms with Gasteiger partial charge in [0.05, 0.1) is 23.0 Å². The highest BCUT2D eigenvalue weighted by atomic mass is 32.1. The molecule has 6 rings (SSSR count). The third-order valence-corrected chi connectivity index (χ3v) is 6.51. The molecule has 1 aromatic carbocycles. The van der Waals surface area contributed by atoms with Crippen LogP contribution in [0.3, 0.4) is 0 Å². The van der Waals surface area contributed by atoms with E-state index in [9.17, 15) is 0 Å². The van der Waals surface area contributed by atoms with Gasteiger partial charge in [0.25, 0.3) is 0 Å². The van der Waals surface area contributed by atoms with Crippen molar-refractivity contribution in [3.8, 4) is 11.5 Å². The van der Waals surface area contributed by atoms with Crippen LogP contribution in [0.4, 0.5) is 0 Å². The second-order valence-electron chi connectivity index (χ2n) is 7.23. The topological polar surface area (TPSA) is 73.8 Å². The number of hydrogen-bond donors (Lipinski definition) is 0. The Labute approximate surface area is 175 Å². The first kappa shape index (κ1) is 17.2. The fraction of sp³-hybridized carbons (Fsp3) is 0.136. The molecule has 0 aliphatic heterocycles. The van der Waals surface area contributed by atoms with Crippen molar-refractivity contribution in [2.45, 2.75) is 20.4 Å². The molecule has 5 heterocycles. The van der Waals surface area contributed by atoms with Gasteiger partial charge in [-0.2, -0.15) is 0 Å². The highest BCUT2D eigenvalue weighted by Gasteiger charge is 2.18. The summed E-state index contributed by atoms with van der Waals surface area (Å²) < 4.78 is 3.90. The van der Waals surface area contributed by atoms with Gasteiger partial charge in [-0.3, -0.25) is 4.98 Å². The Kier molecular flexibility index (Phi) is 3.69. The minimum Gasteiger partial charge on any atom is -0.315 e. The van der Waals surface area contributed by atoms with Crippen LogP contribution >= 0.6 is 11.3 Å². The van der Waals surface area contributed by atoms with Crippen molar-refractivity contribution in [1.29, 1.82) is 0 Å². The maximum Gasteiger partial charge on any atom is 0.171 e. The average molecular weight is 411 g/mol. The van der Waals surface area contributed by atoms with Gasteiger partial charge in [0.2, 0.25) is 0 Å². The van der Waals surface area contributed by atoms with Crippen molar-refractivity contribution in [2.75, 3.05) is 0 Å². The number of hydrogen-bond acceptors (Lipinski definition) is 6. The molecule has 0 fully saturated rings. The summed E-state index contributed by atoms with van der Waals surface area (Å²) >= 11 is 1.69. The van der Waals surface area contributed by atoms with E-state index in [4.69, 9.17) is 15.1 Å². The lowest BCUT2D eigenvalue weighted by molar-refractivity contribution is 0.760. The van der Waals surface area contributed by atoms with Gasteiger partial charge in [0.1, 0.15) is 16.9 Å². The molecule has 146 valence electrons. The molecule has 0 N–H and O–H groups in total. The van der Waals surface area contributed by atoms with E-state index in [2.05, 4.69) is 34.4 Å². The van der Waals surface area contributed by atoms with E-state index < -0.39 is 0 Å². The van der Waals surface area contributed by atoms with Crippen LogP contribution in [0.15, 0.2) is 55.0 Å². The second-order valence-corrected chi connectivity index (χ2v) is 8.43. The Bertz CT molecular complexity index is 1540. The lowest BCUT2D eigenvalue weighted by Gasteiger charge is -2.06. The molecule has 30 heavy (non-hydrogen) atoms. The number of rotatable bonds is 3. The Morgan fingerprint density at radius 3 is 2.70 bits per heavy atom. The van der Waals surface area contributed by atoms with Crippen molar-refractivity contribution in [2.24, 2.45) is 0 Å². The van der Waals surface area contributed by atoms with Crippen LogP contribution in [-0.4, -0.2) is 34.1 Å². The molecule has 5 aromatic heterocycles. The zero-order chi connectivity index (χ0) is 20.2. The van der Waals surface area contributed by atoms with Crippen molar-refractivity contribution < 1.29 is 0 Å². The largest absolute Gasteiger partial charge is 0.315 e. The van der Waals surface area contributed by atoms with Crippen LogP contribution in [-0.2, 0) is 6.54 Å². The zero-order valence-corrected chi connectivity index (χ0v) is 17.3. The summed E-state index contributed by atoms with van der Waals surface area (Å²) in [6, 6.07) is 13.9. The predicted molar refractivity (Wildman–Crippen MR) is 118 cm³/mol. The molecule has 0 bridgehead atoms. The van der Waals surface area contributed by atoms with Gasteiger partial charge in [-0.05, 0) is 43.7 Å². The summed E-state index contributed by atoms with van der Waals surface area (Å²) in [4.78, 5) is 21.0. The minimum absolute atomic E-state index is 0.498. The Morgan fingerprint density at radius 1 is 0.967 bits per heavy atom. The molecule has 0 spiro atoms. The van der Waals surface area contributed by atoms with E-state index >= 15 is 0 Å². The number of para-hydroxylation sites is 2. The van der Waals surface area contributed by atoms with E-state index in [1.807, 2.05) is 36.4 Å². The summed E-state index contributed by atoms with van der Waals surface area (Å²) in [6.07, 6.45) is 3.53. The molecule has 0 saturated heterocycles. The van der Waals surface area contributed by atoms with E-state index in [0.717, 1.165) is 38.4 Å². The van der Waals surface area contributed by atoms with Gasteiger partial charge in [0, 0.05) is 11.1 Å². The third-order valence-electron chi connectivity index (χ3n) is 5.40. The van der Waals surface area contributed by atoms with Gasteiger partial charge in [-0.15, -0.1) is 16.4 Å². The normalized spacial score (nSPS) is 11.8. The average Bonchev–Trinajstić information content (AvgIpc) is 3.43. The Morgan fingerprint density at radius 2 is 1.83 bits per heavy atom. The number of benzene rings is 1. The highest BCUT2D eigenvalue weighted by molar-refractivity contribution is 7.18. The first-order valence-electron chi connectivity index (χ1n) is 9.65. The summed E-state index contributed by atoms with van der Waals surface area (Å²) in [7, 11) is 0. The second kappa shape index (κ2) is 6.43. The summed E-state index contributed by atoms with van der Waals surface area (Å²) in [6.45, 7) is 4.73. The number of aromatic nitrogens is 7. The lowest BCUT2D eigenvalue weighted by atomic mass is 10.2. The lowest BCUT2D eigenvalue weighted by Crippen LogP contribution is -2.05. The van der Waals surface area contributed by atoms with Crippen LogP contribution in [0, 0.1) is 13.8 Å². The van der Waals surface area contributed by atoms with Gasteiger partial charge < -0.3 is 4.57 Å². The van der Waals surface area contributed by atoms with Crippen molar-refractivity contribution in [1.82, 2.24) is 34.1 Å². The predicted octanol–water partition coefficient (Wildman–Crippen LogP) is 4.42. The molecule has 7 nitrogen and oxygen atoms in total. The van der Waals surface area contributed by atoms with Gasteiger partial charge >= 0.3 is 0 Å². The molecule has 0 aliphatic carbocycles. The Balaban J connectivity index is 1.54. The fourth-order valence-electron chi connectivity index (χ4n) is 3.82. The number of pyridine rings is 1. The van der Waals surface area contributed by atoms with E-state index in [1.165, 1.54) is 10.4 Å². The van der Waals surface area contributed by atoms with Crippen molar-refractivity contribution in [3.05, 3.63) is 71.3 Å². The molecule has 0 unspecified atom stereocenters. The SMILES string of the molecule is Cc1sc2ncn3nc(Cn4c(-c5ccccn5)nc5ccccc54)nc3c2c1C. The van der Waals surface area contributed by atoms with Crippen LogP contribution in [0.25, 0.3) is 38.4 Å².